The Kier molecular flexibility index (Phi) is 7.52. The highest BCUT2D eigenvalue weighted by molar-refractivity contribution is 6.35. The van der Waals surface area contributed by atoms with E-state index in [4.69, 9.17) is 16.3 Å². The number of nitrogens with one attached hydrogen (secondary N) is 1. The molecular formula is C24H30ClNO2. The molecule has 0 bridgehead atoms. The first-order valence-corrected chi connectivity index (χ1v) is 10.7. The van der Waals surface area contributed by atoms with E-state index in [-0.39, 0.29) is 5.78 Å². The van der Waals surface area contributed by atoms with Gasteiger partial charge in [0, 0.05) is 5.39 Å². The number of aryl methyl sites for hydroxylation is 1. The fourth-order valence-corrected chi connectivity index (χ4v) is 4.12. The van der Waals surface area contributed by atoms with E-state index < -0.39 is 0 Å². The molecule has 0 fully saturated rings. The first-order chi connectivity index (χ1) is 13.5. The number of ketones is 1. The predicted molar refractivity (Wildman–Crippen MR) is 117 cm³/mol. The van der Waals surface area contributed by atoms with Crippen LogP contribution in [0, 0.1) is 6.92 Å². The molecule has 0 radical (unpaired) electrons. The molecule has 0 atom stereocenters. The number of carbonyl (C=O) groups is 1. The summed E-state index contributed by atoms with van der Waals surface area (Å²) in [5, 5.41) is 1.62. The highest BCUT2D eigenvalue weighted by atomic mass is 35.5. The summed E-state index contributed by atoms with van der Waals surface area (Å²) in [6.45, 7) is 7.75. The van der Waals surface area contributed by atoms with Gasteiger partial charge in [-0.05, 0) is 74.8 Å². The summed E-state index contributed by atoms with van der Waals surface area (Å²) in [7, 11) is 0. The molecule has 2 aromatic rings. The number of rotatable bonds is 9. The van der Waals surface area contributed by atoms with Crippen molar-refractivity contribution in [3.63, 3.8) is 0 Å². The zero-order valence-corrected chi connectivity index (χ0v) is 17.5. The molecule has 150 valence electrons. The molecule has 0 unspecified atom stereocenters. The predicted octanol–water partition coefficient (Wildman–Crippen LogP) is 6.95. The SMILES string of the molecule is C=C(CCCCCCC1=CCCOCC1)C(=O)c1cc2cc(C)cc(Cl)c2[nH]1. The topological polar surface area (TPSA) is 42.1 Å². The van der Waals surface area contributed by atoms with Gasteiger partial charge in [-0.25, -0.2) is 0 Å². The van der Waals surface area contributed by atoms with Crippen LogP contribution in [0.3, 0.4) is 0 Å². The van der Waals surface area contributed by atoms with Crippen molar-refractivity contribution >= 4 is 28.3 Å². The van der Waals surface area contributed by atoms with E-state index in [9.17, 15) is 4.79 Å². The number of aromatic amines is 1. The van der Waals surface area contributed by atoms with Gasteiger partial charge in [-0.1, -0.05) is 42.7 Å². The lowest BCUT2D eigenvalue weighted by Crippen LogP contribution is -2.03. The third-order valence-electron chi connectivity index (χ3n) is 5.38. The second-order valence-electron chi connectivity index (χ2n) is 7.75. The van der Waals surface area contributed by atoms with Gasteiger partial charge in [-0.3, -0.25) is 4.79 Å². The van der Waals surface area contributed by atoms with Gasteiger partial charge in [-0.2, -0.15) is 0 Å². The average molecular weight is 400 g/mol. The molecule has 1 aliphatic rings. The van der Waals surface area contributed by atoms with Crippen LogP contribution in [0.4, 0.5) is 0 Å². The maximum absolute atomic E-state index is 12.7. The van der Waals surface area contributed by atoms with Crippen molar-refractivity contribution in [3.05, 3.63) is 58.3 Å². The van der Waals surface area contributed by atoms with E-state index in [1.54, 1.807) is 5.57 Å². The van der Waals surface area contributed by atoms with Crippen LogP contribution in [0.15, 0.2) is 42.0 Å². The quantitative estimate of drug-likeness (QED) is 0.214. The minimum absolute atomic E-state index is 0.00599. The summed E-state index contributed by atoms with van der Waals surface area (Å²) >= 11 is 6.28. The van der Waals surface area contributed by atoms with E-state index in [1.807, 2.05) is 25.1 Å². The number of ether oxygens (including phenoxy) is 1. The molecule has 1 aromatic heterocycles. The first kappa shape index (κ1) is 20.9. The molecule has 2 heterocycles. The Morgan fingerprint density at radius 1 is 1.18 bits per heavy atom. The van der Waals surface area contributed by atoms with Gasteiger partial charge in [0.15, 0.2) is 0 Å². The van der Waals surface area contributed by atoms with Gasteiger partial charge in [-0.15, -0.1) is 0 Å². The van der Waals surface area contributed by atoms with Crippen LogP contribution in [0.5, 0.6) is 0 Å². The number of Topliss-reactive ketones (excluding diaryl/α,β-unsaturated/α-hetero) is 1. The minimum Gasteiger partial charge on any atom is -0.381 e. The Bertz CT molecular complexity index is 878. The van der Waals surface area contributed by atoms with E-state index >= 15 is 0 Å². The van der Waals surface area contributed by atoms with Crippen LogP contribution in [0.25, 0.3) is 10.9 Å². The van der Waals surface area contributed by atoms with Gasteiger partial charge in [0.2, 0.25) is 5.78 Å². The molecule has 0 saturated heterocycles. The molecule has 3 nitrogen and oxygen atoms in total. The number of hydrogen-bond donors (Lipinski definition) is 1. The molecule has 28 heavy (non-hydrogen) atoms. The lowest BCUT2D eigenvalue weighted by atomic mass is 10.00. The Balaban J connectivity index is 1.41. The van der Waals surface area contributed by atoms with Crippen molar-refractivity contribution in [1.29, 1.82) is 0 Å². The molecule has 1 aromatic carbocycles. The second kappa shape index (κ2) is 10.1. The Morgan fingerprint density at radius 3 is 2.86 bits per heavy atom. The van der Waals surface area contributed by atoms with E-state index in [1.165, 1.54) is 19.3 Å². The van der Waals surface area contributed by atoms with Gasteiger partial charge in [0.1, 0.15) is 0 Å². The minimum atomic E-state index is -0.00599. The van der Waals surface area contributed by atoms with E-state index in [0.29, 0.717) is 16.3 Å². The summed E-state index contributed by atoms with van der Waals surface area (Å²) in [6.07, 6.45) is 11.0. The molecular weight excluding hydrogens is 370 g/mol. The molecule has 3 rings (SSSR count). The monoisotopic (exact) mass is 399 g/mol. The number of unbranched alkanes of at least 4 members (excludes halogenated alkanes) is 3. The maximum atomic E-state index is 12.7. The number of H-pyrrole nitrogens is 1. The number of halogens is 1. The Morgan fingerprint density at radius 2 is 2.00 bits per heavy atom. The largest absolute Gasteiger partial charge is 0.381 e. The van der Waals surface area contributed by atoms with E-state index in [0.717, 1.165) is 61.8 Å². The Hall–Kier alpha value is -1.84. The molecule has 0 spiro atoms. The van der Waals surface area contributed by atoms with Crippen molar-refractivity contribution in [3.8, 4) is 0 Å². The van der Waals surface area contributed by atoms with E-state index in [2.05, 4.69) is 17.6 Å². The van der Waals surface area contributed by atoms with Crippen LogP contribution in [0.2, 0.25) is 5.02 Å². The number of allylic oxidation sites excluding steroid dienone is 1. The lowest BCUT2D eigenvalue weighted by molar-refractivity contribution is 0.102. The number of benzene rings is 1. The van der Waals surface area contributed by atoms with Crippen molar-refractivity contribution in [2.75, 3.05) is 13.2 Å². The van der Waals surface area contributed by atoms with Crippen molar-refractivity contribution in [1.82, 2.24) is 4.98 Å². The highest BCUT2D eigenvalue weighted by Crippen LogP contribution is 2.27. The molecule has 1 N–H and O–H groups in total. The number of carbonyl (C=O) groups excluding carboxylic acids is 1. The summed E-state index contributed by atoms with van der Waals surface area (Å²) in [5.41, 5.74) is 4.70. The van der Waals surface area contributed by atoms with Crippen LogP contribution in [-0.4, -0.2) is 24.0 Å². The zero-order valence-electron chi connectivity index (χ0n) is 16.8. The lowest BCUT2D eigenvalue weighted by Gasteiger charge is -2.06. The highest BCUT2D eigenvalue weighted by Gasteiger charge is 2.14. The normalized spacial score (nSPS) is 14.7. The molecule has 0 amide bonds. The summed E-state index contributed by atoms with van der Waals surface area (Å²) in [5.74, 6) is -0.00599. The fraction of sp³-hybridized carbons (Fsp3) is 0.458. The van der Waals surface area contributed by atoms with Crippen LogP contribution in [0.1, 0.15) is 67.4 Å². The van der Waals surface area contributed by atoms with Crippen molar-refractivity contribution in [2.24, 2.45) is 0 Å². The molecule has 0 aliphatic carbocycles. The molecule has 1 aliphatic heterocycles. The third kappa shape index (κ3) is 5.59. The molecule has 0 saturated carbocycles. The summed E-state index contributed by atoms with van der Waals surface area (Å²) in [4.78, 5) is 15.8. The van der Waals surface area contributed by atoms with Gasteiger partial charge < -0.3 is 9.72 Å². The zero-order chi connectivity index (χ0) is 19.9. The van der Waals surface area contributed by atoms with Crippen molar-refractivity contribution < 1.29 is 9.53 Å². The maximum Gasteiger partial charge on any atom is 0.204 e. The van der Waals surface area contributed by atoms with Gasteiger partial charge >= 0.3 is 0 Å². The Labute approximate surface area is 172 Å². The molecule has 4 heteroatoms. The fourth-order valence-electron chi connectivity index (χ4n) is 3.79. The average Bonchev–Trinajstić information content (AvgIpc) is 2.92. The number of aromatic nitrogens is 1. The van der Waals surface area contributed by atoms with Crippen molar-refractivity contribution in [2.45, 2.75) is 58.3 Å². The van der Waals surface area contributed by atoms with Gasteiger partial charge in [0.25, 0.3) is 0 Å². The number of hydrogen-bond acceptors (Lipinski definition) is 2. The summed E-state index contributed by atoms with van der Waals surface area (Å²) in [6, 6.07) is 5.82. The van der Waals surface area contributed by atoms with Gasteiger partial charge in [0.05, 0.1) is 29.4 Å². The summed E-state index contributed by atoms with van der Waals surface area (Å²) < 4.78 is 5.48. The van der Waals surface area contributed by atoms with Crippen LogP contribution >= 0.6 is 11.6 Å². The first-order valence-electron chi connectivity index (χ1n) is 10.3. The van der Waals surface area contributed by atoms with Crippen LogP contribution < -0.4 is 0 Å². The third-order valence-corrected chi connectivity index (χ3v) is 5.68. The second-order valence-corrected chi connectivity index (χ2v) is 8.16. The van der Waals surface area contributed by atoms with Crippen LogP contribution in [-0.2, 0) is 4.74 Å². The standard InChI is InChI=1S/C24H30ClNO2/c1-17-14-20-16-22(26-23(20)21(25)15-17)24(27)18(2)8-5-3-4-6-9-19-10-7-12-28-13-11-19/h10,14-16,26H,2-9,11-13H2,1H3. The number of fused-ring (bicyclic) bond motifs is 1. The smallest absolute Gasteiger partial charge is 0.204 e.